The third kappa shape index (κ3) is 2.39. The molecule has 0 bridgehead atoms. The molecule has 1 aromatic carbocycles. The highest BCUT2D eigenvalue weighted by Gasteiger charge is 2.18. The van der Waals surface area contributed by atoms with Crippen molar-refractivity contribution in [1.29, 1.82) is 0 Å². The summed E-state index contributed by atoms with van der Waals surface area (Å²) in [5, 5.41) is 4.48. The summed E-state index contributed by atoms with van der Waals surface area (Å²) in [6, 6.07) is 5.17. The summed E-state index contributed by atoms with van der Waals surface area (Å²) >= 11 is 0. The summed E-state index contributed by atoms with van der Waals surface area (Å²) in [4.78, 5) is 12.1. The number of nitrogen functional groups attached to an aromatic ring is 1. The molecule has 0 aliphatic rings. The van der Waals surface area contributed by atoms with Crippen LogP contribution in [-0.4, -0.2) is 22.4 Å². The Morgan fingerprint density at radius 2 is 2.05 bits per heavy atom. The van der Waals surface area contributed by atoms with Crippen molar-refractivity contribution < 1.29 is 9.53 Å². The molecule has 2 aromatic rings. The number of aryl methyl sites for hydroxylation is 1. The summed E-state index contributed by atoms with van der Waals surface area (Å²) in [6.07, 6.45) is 0. The number of hydrogen-bond acceptors (Lipinski definition) is 4. The number of nitrogens with zero attached hydrogens (tertiary/aromatic N) is 2. The first kappa shape index (κ1) is 14.1. The van der Waals surface area contributed by atoms with Crippen molar-refractivity contribution in [3.8, 4) is 5.69 Å². The van der Waals surface area contributed by atoms with Crippen molar-refractivity contribution in [3.63, 3.8) is 0 Å². The lowest BCUT2D eigenvalue weighted by atomic mass is 10.1. The molecule has 0 aliphatic heterocycles. The van der Waals surface area contributed by atoms with Crippen LogP contribution in [0.1, 0.15) is 34.2 Å². The van der Waals surface area contributed by atoms with Gasteiger partial charge < -0.3 is 10.5 Å². The molecule has 5 heteroatoms. The molecule has 2 N–H and O–H groups in total. The van der Waals surface area contributed by atoms with E-state index in [0.717, 1.165) is 17.0 Å². The number of aromatic nitrogens is 2. The maximum atomic E-state index is 12.1. The number of carbonyl (C=O) groups excluding carboxylic acids is 1. The monoisotopic (exact) mass is 273 g/mol. The van der Waals surface area contributed by atoms with Crippen molar-refractivity contribution in [2.45, 2.75) is 27.7 Å². The molecule has 0 aliphatic carbocycles. The van der Waals surface area contributed by atoms with Gasteiger partial charge in [0, 0.05) is 11.4 Å². The van der Waals surface area contributed by atoms with Gasteiger partial charge in [0.2, 0.25) is 0 Å². The van der Waals surface area contributed by atoms with Crippen LogP contribution < -0.4 is 5.73 Å². The maximum Gasteiger partial charge on any atom is 0.340 e. The van der Waals surface area contributed by atoms with Crippen LogP contribution in [0.15, 0.2) is 18.2 Å². The van der Waals surface area contributed by atoms with Crippen LogP contribution in [0, 0.1) is 20.8 Å². The second kappa shape index (κ2) is 5.36. The largest absolute Gasteiger partial charge is 0.462 e. The molecule has 0 spiro atoms. The number of rotatable bonds is 3. The Morgan fingerprint density at radius 1 is 1.35 bits per heavy atom. The maximum absolute atomic E-state index is 12.1. The Bertz CT molecular complexity index is 659. The molecule has 0 radical (unpaired) electrons. The van der Waals surface area contributed by atoms with Crippen LogP contribution in [0.4, 0.5) is 5.69 Å². The van der Waals surface area contributed by atoms with E-state index in [1.807, 2.05) is 20.8 Å². The van der Waals surface area contributed by atoms with Gasteiger partial charge in [-0.3, -0.25) is 0 Å². The number of benzene rings is 1. The second-order valence-electron chi connectivity index (χ2n) is 4.70. The molecular formula is C15H19N3O2. The van der Waals surface area contributed by atoms with E-state index in [1.165, 1.54) is 0 Å². The number of hydrogen-bond donors (Lipinski definition) is 1. The first-order chi connectivity index (χ1) is 9.45. The summed E-state index contributed by atoms with van der Waals surface area (Å²) in [7, 11) is 0. The highest BCUT2D eigenvalue weighted by atomic mass is 16.5. The number of esters is 1. The predicted molar refractivity (Wildman–Crippen MR) is 78.1 cm³/mol. The second-order valence-corrected chi connectivity index (χ2v) is 4.70. The number of nitrogens with two attached hydrogens (primary N) is 1. The molecule has 2 rings (SSSR count). The van der Waals surface area contributed by atoms with Crippen LogP contribution in [0.2, 0.25) is 0 Å². The Balaban J connectivity index is 2.61. The normalized spacial score (nSPS) is 10.6. The van der Waals surface area contributed by atoms with E-state index in [-0.39, 0.29) is 5.97 Å². The summed E-state index contributed by atoms with van der Waals surface area (Å²) in [6.45, 7) is 8.02. The Kier molecular flexibility index (Phi) is 3.79. The zero-order valence-corrected chi connectivity index (χ0v) is 12.2. The molecule has 0 amide bonds. The molecule has 5 nitrogen and oxygen atoms in total. The van der Waals surface area contributed by atoms with Crippen LogP contribution in [0.5, 0.6) is 0 Å². The summed E-state index contributed by atoms with van der Waals surface area (Å²) < 4.78 is 6.85. The Morgan fingerprint density at radius 3 is 2.60 bits per heavy atom. The summed E-state index contributed by atoms with van der Waals surface area (Å²) in [5.41, 5.74) is 10.5. The highest BCUT2D eigenvalue weighted by Crippen LogP contribution is 2.22. The van der Waals surface area contributed by atoms with E-state index in [2.05, 4.69) is 5.10 Å². The van der Waals surface area contributed by atoms with Gasteiger partial charge in [0.15, 0.2) is 0 Å². The fourth-order valence-corrected chi connectivity index (χ4v) is 2.07. The van der Waals surface area contributed by atoms with Crippen LogP contribution in [0.3, 0.4) is 0 Å². The minimum atomic E-state index is -0.389. The van der Waals surface area contributed by atoms with Gasteiger partial charge in [-0.1, -0.05) is 0 Å². The molecular weight excluding hydrogens is 254 g/mol. The van der Waals surface area contributed by atoms with Crippen molar-refractivity contribution in [2.24, 2.45) is 0 Å². The molecule has 0 atom stereocenters. The van der Waals surface area contributed by atoms with E-state index in [9.17, 15) is 4.79 Å². The molecule has 0 unspecified atom stereocenters. The van der Waals surface area contributed by atoms with Gasteiger partial charge in [-0.15, -0.1) is 0 Å². The first-order valence-corrected chi connectivity index (χ1v) is 6.55. The number of anilines is 1. The van der Waals surface area contributed by atoms with Gasteiger partial charge in [-0.25, -0.2) is 9.48 Å². The molecule has 0 saturated heterocycles. The van der Waals surface area contributed by atoms with Gasteiger partial charge in [0.05, 0.1) is 23.6 Å². The predicted octanol–water partition coefficient (Wildman–Crippen LogP) is 2.56. The molecule has 1 aromatic heterocycles. The van der Waals surface area contributed by atoms with Gasteiger partial charge in [0.25, 0.3) is 0 Å². The van der Waals surface area contributed by atoms with E-state index < -0.39 is 0 Å². The topological polar surface area (TPSA) is 70.1 Å². The fourth-order valence-electron chi connectivity index (χ4n) is 2.07. The number of carbonyl (C=O) groups is 1. The van der Waals surface area contributed by atoms with Crippen molar-refractivity contribution in [3.05, 3.63) is 40.7 Å². The van der Waals surface area contributed by atoms with Gasteiger partial charge >= 0.3 is 5.97 Å². The first-order valence-electron chi connectivity index (χ1n) is 6.55. The Hall–Kier alpha value is -2.30. The van der Waals surface area contributed by atoms with E-state index >= 15 is 0 Å². The third-order valence-electron chi connectivity index (χ3n) is 3.40. The lowest BCUT2D eigenvalue weighted by Gasteiger charge is -2.11. The van der Waals surface area contributed by atoms with E-state index in [1.54, 1.807) is 29.8 Å². The Labute approximate surface area is 118 Å². The fraction of sp³-hybridized carbons (Fsp3) is 0.333. The molecule has 1 heterocycles. The summed E-state index contributed by atoms with van der Waals surface area (Å²) in [5.74, 6) is -0.389. The average molecular weight is 273 g/mol. The van der Waals surface area contributed by atoms with E-state index in [4.69, 9.17) is 10.5 Å². The van der Waals surface area contributed by atoms with Gasteiger partial charge in [-0.05, 0) is 51.5 Å². The molecule has 20 heavy (non-hydrogen) atoms. The average Bonchev–Trinajstić information content (AvgIpc) is 2.67. The van der Waals surface area contributed by atoms with Crippen LogP contribution in [-0.2, 0) is 4.74 Å². The van der Waals surface area contributed by atoms with Crippen LogP contribution in [0.25, 0.3) is 5.69 Å². The molecule has 0 fully saturated rings. The van der Waals surface area contributed by atoms with Crippen LogP contribution >= 0.6 is 0 Å². The smallest absolute Gasteiger partial charge is 0.340 e. The third-order valence-corrected chi connectivity index (χ3v) is 3.40. The molecule has 106 valence electrons. The van der Waals surface area contributed by atoms with Crippen molar-refractivity contribution in [1.82, 2.24) is 9.78 Å². The lowest BCUT2D eigenvalue weighted by molar-refractivity contribution is 0.0526. The standard InChI is InChI=1S/C15H19N3O2/c1-5-20-15(19)13-8-12(16)6-7-14(13)18-11(4)9(2)10(3)17-18/h6-8H,5,16H2,1-4H3. The quantitative estimate of drug-likeness (QED) is 0.689. The van der Waals surface area contributed by atoms with Crippen molar-refractivity contribution in [2.75, 3.05) is 12.3 Å². The van der Waals surface area contributed by atoms with Crippen molar-refractivity contribution >= 4 is 11.7 Å². The zero-order chi connectivity index (χ0) is 14.9. The number of ether oxygens (including phenoxy) is 1. The minimum Gasteiger partial charge on any atom is -0.462 e. The van der Waals surface area contributed by atoms with E-state index in [0.29, 0.717) is 23.5 Å². The molecule has 0 saturated carbocycles. The zero-order valence-electron chi connectivity index (χ0n) is 12.2. The minimum absolute atomic E-state index is 0.323. The lowest BCUT2D eigenvalue weighted by Crippen LogP contribution is -2.12. The van der Waals surface area contributed by atoms with Gasteiger partial charge in [0.1, 0.15) is 0 Å². The highest BCUT2D eigenvalue weighted by molar-refractivity contribution is 5.94. The van der Waals surface area contributed by atoms with Gasteiger partial charge in [-0.2, -0.15) is 5.10 Å². The SMILES string of the molecule is CCOC(=O)c1cc(N)ccc1-n1nc(C)c(C)c1C.